The zero-order valence-electron chi connectivity index (χ0n) is 15.0. The van der Waals surface area contributed by atoms with Crippen LogP contribution in [0, 0.1) is 0 Å². The molecule has 0 aliphatic carbocycles. The maximum atomic E-state index is 12.4. The Balaban J connectivity index is 1.46. The highest BCUT2D eigenvalue weighted by molar-refractivity contribution is 7.98. The van der Waals surface area contributed by atoms with Crippen molar-refractivity contribution < 1.29 is 9.21 Å². The van der Waals surface area contributed by atoms with Crippen LogP contribution in [0.4, 0.5) is 0 Å². The first-order valence-electron chi connectivity index (χ1n) is 8.58. The van der Waals surface area contributed by atoms with Gasteiger partial charge in [0.2, 0.25) is 0 Å². The highest BCUT2D eigenvalue weighted by Gasteiger charge is 2.11. The number of furan rings is 1. The van der Waals surface area contributed by atoms with Crippen molar-refractivity contribution >= 4 is 39.2 Å². The second-order valence-corrected chi connectivity index (χ2v) is 7.99. The molecule has 0 saturated carbocycles. The van der Waals surface area contributed by atoms with Gasteiger partial charge in [-0.2, -0.15) is 0 Å². The molecule has 0 fully saturated rings. The molecule has 142 valence electrons. The summed E-state index contributed by atoms with van der Waals surface area (Å²) >= 11 is 2.93. The van der Waals surface area contributed by atoms with Crippen molar-refractivity contribution in [3.05, 3.63) is 81.3 Å². The number of fused-ring (bicyclic) bond motifs is 1. The van der Waals surface area contributed by atoms with Crippen molar-refractivity contribution in [2.75, 3.05) is 0 Å². The van der Waals surface area contributed by atoms with Crippen LogP contribution in [0.25, 0.3) is 10.2 Å². The number of nitrogens with zero attached hydrogens (tertiary/aromatic N) is 2. The molecule has 0 atom stereocenters. The molecule has 1 N–H and O–H groups in total. The maximum Gasteiger partial charge on any atom is 0.262 e. The van der Waals surface area contributed by atoms with Crippen molar-refractivity contribution in [3.8, 4) is 0 Å². The summed E-state index contributed by atoms with van der Waals surface area (Å²) in [4.78, 5) is 30.1. The Bertz CT molecular complexity index is 1180. The van der Waals surface area contributed by atoms with E-state index in [1.807, 2.05) is 29.6 Å². The third-order valence-electron chi connectivity index (χ3n) is 4.22. The normalized spacial score (nSPS) is 11.0. The summed E-state index contributed by atoms with van der Waals surface area (Å²) in [6.07, 6.45) is 1.58. The number of benzene rings is 1. The minimum atomic E-state index is -0.159. The molecule has 28 heavy (non-hydrogen) atoms. The van der Waals surface area contributed by atoms with Gasteiger partial charge in [-0.05, 0) is 41.3 Å². The molecule has 0 aliphatic rings. The molecule has 3 aromatic heterocycles. The summed E-state index contributed by atoms with van der Waals surface area (Å²) in [5, 5.41) is 6.02. The number of carbonyl (C=O) groups excluding carboxylic acids is 1. The van der Waals surface area contributed by atoms with Gasteiger partial charge in [0, 0.05) is 18.4 Å². The molecule has 0 saturated heterocycles. The fraction of sp³-hybridized carbons (Fsp3) is 0.150. The van der Waals surface area contributed by atoms with E-state index in [1.54, 1.807) is 36.1 Å². The zero-order valence-corrected chi connectivity index (χ0v) is 16.7. The number of rotatable bonds is 6. The van der Waals surface area contributed by atoms with Crippen LogP contribution in [0.15, 0.2) is 68.5 Å². The molecule has 0 aliphatic heterocycles. The lowest BCUT2D eigenvalue weighted by atomic mass is 10.1. The van der Waals surface area contributed by atoms with E-state index in [2.05, 4.69) is 10.3 Å². The topological polar surface area (TPSA) is 77.1 Å². The number of hydrogen-bond donors (Lipinski definition) is 1. The average molecular weight is 412 g/mol. The lowest BCUT2D eigenvalue weighted by Gasteiger charge is -2.08. The molecular formula is C20H17N3O3S2. The smallest absolute Gasteiger partial charge is 0.262 e. The third-order valence-corrected chi connectivity index (χ3v) is 6.13. The summed E-state index contributed by atoms with van der Waals surface area (Å²) in [5.74, 6) is 1.15. The molecular weight excluding hydrogens is 394 g/mol. The van der Waals surface area contributed by atoms with Crippen LogP contribution in [-0.4, -0.2) is 15.5 Å². The molecule has 0 spiro atoms. The van der Waals surface area contributed by atoms with Crippen LogP contribution < -0.4 is 10.9 Å². The Hall–Kier alpha value is -2.84. The number of aromatic nitrogens is 2. The Labute approximate surface area is 169 Å². The number of amides is 1. The molecule has 6 nitrogen and oxygen atoms in total. The van der Waals surface area contributed by atoms with E-state index in [4.69, 9.17) is 4.42 Å². The highest BCUT2D eigenvalue weighted by atomic mass is 32.2. The molecule has 8 heteroatoms. The summed E-state index contributed by atoms with van der Waals surface area (Å²) in [6, 6.07) is 12.8. The van der Waals surface area contributed by atoms with Crippen LogP contribution >= 0.6 is 23.1 Å². The van der Waals surface area contributed by atoms with Gasteiger partial charge in [-0.3, -0.25) is 14.2 Å². The average Bonchev–Trinajstić information content (AvgIpc) is 3.40. The molecule has 4 rings (SSSR count). The molecule has 3 heterocycles. The van der Waals surface area contributed by atoms with E-state index in [9.17, 15) is 9.59 Å². The largest absolute Gasteiger partial charge is 0.467 e. The van der Waals surface area contributed by atoms with Crippen molar-refractivity contribution in [2.24, 2.45) is 7.05 Å². The van der Waals surface area contributed by atoms with Crippen molar-refractivity contribution in [1.82, 2.24) is 14.9 Å². The van der Waals surface area contributed by atoms with Gasteiger partial charge in [0.15, 0.2) is 5.16 Å². The lowest BCUT2D eigenvalue weighted by Crippen LogP contribution is -2.22. The molecule has 0 bridgehead atoms. The standard InChI is InChI=1S/C20H17N3O3S2/c1-23-19(25)16-7-9-27-18(16)22-20(23)28-12-13-4-2-5-14(10-13)17(24)21-11-15-6-3-8-26-15/h2-10H,11-12H2,1H3,(H,21,24). The number of thiophene rings is 1. The maximum absolute atomic E-state index is 12.4. The number of hydrogen-bond acceptors (Lipinski definition) is 6. The molecule has 1 aromatic carbocycles. The second-order valence-electron chi connectivity index (χ2n) is 6.15. The monoisotopic (exact) mass is 411 g/mol. The first-order valence-corrected chi connectivity index (χ1v) is 10.4. The molecule has 1 amide bonds. The van der Waals surface area contributed by atoms with Crippen LogP contribution in [0.3, 0.4) is 0 Å². The van der Waals surface area contributed by atoms with E-state index >= 15 is 0 Å². The Morgan fingerprint density at radius 2 is 2.18 bits per heavy atom. The first kappa shape index (κ1) is 18.5. The fourth-order valence-electron chi connectivity index (χ4n) is 2.74. The van der Waals surface area contributed by atoms with E-state index in [0.29, 0.717) is 34.2 Å². The van der Waals surface area contributed by atoms with Gasteiger partial charge < -0.3 is 9.73 Å². The van der Waals surface area contributed by atoms with Crippen molar-refractivity contribution in [3.63, 3.8) is 0 Å². The number of carbonyl (C=O) groups is 1. The van der Waals surface area contributed by atoms with Gasteiger partial charge in [-0.15, -0.1) is 11.3 Å². The van der Waals surface area contributed by atoms with E-state index in [1.165, 1.54) is 23.1 Å². The number of thioether (sulfide) groups is 1. The quantitative estimate of drug-likeness (QED) is 0.386. The van der Waals surface area contributed by atoms with Crippen LogP contribution in [-0.2, 0) is 19.3 Å². The van der Waals surface area contributed by atoms with Crippen LogP contribution in [0.2, 0.25) is 0 Å². The lowest BCUT2D eigenvalue weighted by molar-refractivity contribution is 0.0948. The first-order chi connectivity index (χ1) is 13.6. The Kier molecular flexibility index (Phi) is 5.31. The fourth-order valence-corrected chi connectivity index (χ4v) is 4.46. The zero-order chi connectivity index (χ0) is 19.5. The third kappa shape index (κ3) is 3.88. The van der Waals surface area contributed by atoms with Crippen LogP contribution in [0.5, 0.6) is 0 Å². The molecule has 4 aromatic rings. The molecule has 0 unspecified atom stereocenters. The minimum Gasteiger partial charge on any atom is -0.467 e. The minimum absolute atomic E-state index is 0.0418. The van der Waals surface area contributed by atoms with Crippen molar-refractivity contribution in [2.45, 2.75) is 17.5 Å². The Morgan fingerprint density at radius 3 is 3.00 bits per heavy atom. The second kappa shape index (κ2) is 8.04. The van der Waals surface area contributed by atoms with Gasteiger partial charge >= 0.3 is 0 Å². The van der Waals surface area contributed by atoms with E-state index in [0.717, 1.165) is 10.4 Å². The van der Waals surface area contributed by atoms with E-state index in [-0.39, 0.29) is 11.5 Å². The van der Waals surface area contributed by atoms with Gasteiger partial charge in [0.05, 0.1) is 18.2 Å². The predicted octanol–water partition coefficient (Wildman–Crippen LogP) is 3.81. The van der Waals surface area contributed by atoms with Gasteiger partial charge in [-0.1, -0.05) is 23.9 Å². The summed E-state index contributed by atoms with van der Waals surface area (Å²) in [5.41, 5.74) is 1.52. The summed E-state index contributed by atoms with van der Waals surface area (Å²) < 4.78 is 6.79. The number of nitrogens with one attached hydrogen (secondary N) is 1. The summed E-state index contributed by atoms with van der Waals surface area (Å²) in [6.45, 7) is 0.345. The molecule has 0 radical (unpaired) electrons. The van der Waals surface area contributed by atoms with Gasteiger partial charge in [0.25, 0.3) is 11.5 Å². The predicted molar refractivity (Wildman–Crippen MR) is 111 cm³/mol. The SMILES string of the molecule is Cn1c(SCc2cccc(C(=O)NCc3ccco3)c2)nc2sccc2c1=O. The summed E-state index contributed by atoms with van der Waals surface area (Å²) in [7, 11) is 1.73. The van der Waals surface area contributed by atoms with Gasteiger partial charge in [-0.25, -0.2) is 4.98 Å². The highest BCUT2D eigenvalue weighted by Crippen LogP contribution is 2.24. The van der Waals surface area contributed by atoms with Crippen LogP contribution in [0.1, 0.15) is 21.7 Å². The van der Waals surface area contributed by atoms with E-state index < -0.39 is 0 Å². The van der Waals surface area contributed by atoms with Gasteiger partial charge in [0.1, 0.15) is 10.6 Å². The Morgan fingerprint density at radius 1 is 1.29 bits per heavy atom. The van der Waals surface area contributed by atoms with Crippen molar-refractivity contribution in [1.29, 1.82) is 0 Å².